The Morgan fingerprint density at radius 2 is 2.24 bits per heavy atom. The maximum atomic E-state index is 11.9. The molecule has 2 aromatic rings. The summed E-state index contributed by atoms with van der Waals surface area (Å²) in [7, 11) is 3.82. The van der Waals surface area contributed by atoms with Crippen LogP contribution >= 0.6 is 11.6 Å². The second-order valence-corrected chi connectivity index (χ2v) is 5.17. The fourth-order valence-electron chi connectivity index (χ4n) is 1.88. The summed E-state index contributed by atoms with van der Waals surface area (Å²) in [5, 5.41) is 6.18. The van der Waals surface area contributed by atoms with Gasteiger partial charge >= 0.3 is 6.03 Å². The van der Waals surface area contributed by atoms with Gasteiger partial charge in [-0.1, -0.05) is 11.6 Å². The lowest BCUT2D eigenvalue weighted by Gasteiger charge is -2.18. The molecular formula is C14H18ClN5O. The van der Waals surface area contributed by atoms with Gasteiger partial charge in [-0.15, -0.1) is 0 Å². The first-order valence-corrected chi connectivity index (χ1v) is 6.91. The number of hydrogen-bond acceptors (Lipinski definition) is 3. The third kappa shape index (κ3) is 4.39. The topological polar surface area (TPSA) is 62.2 Å². The summed E-state index contributed by atoms with van der Waals surface area (Å²) in [4.78, 5) is 17.8. The zero-order chi connectivity index (χ0) is 15.2. The van der Waals surface area contributed by atoms with E-state index in [1.165, 1.54) is 0 Å². The van der Waals surface area contributed by atoms with Gasteiger partial charge in [-0.3, -0.25) is 0 Å². The van der Waals surface area contributed by atoms with Crippen molar-refractivity contribution in [2.75, 3.05) is 30.9 Å². The fraction of sp³-hybridized carbons (Fsp3) is 0.286. The Kier molecular flexibility index (Phi) is 5.05. The number of imidazole rings is 1. The molecule has 0 radical (unpaired) electrons. The zero-order valence-electron chi connectivity index (χ0n) is 12.0. The molecule has 21 heavy (non-hydrogen) atoms. The average molecular weight is 308 g/mol. The Balaban J connectivity index is 1.91. The molecule has 0 bridgehead atoms. The lowest BCUT2D eigenvalue weighted by molar-refractivity contribution is 0.251. The Hall–Kier alpha value is -2.21. The van der Waals surface area contributed by atoms with Gasteiger partial charge in [0.25, 0.3) is 0 Å². The molecule has 0 fully saturated rings. The summed E-state index contributed by atoms with van der Waals surface area (Å²) >= 11 is 5.98. The minimum atomic E-state index is -0.263. The van der Waals surface area contributed by atoms with Crippen LogP contribution in [0.1, 0.15) is 0 Å². The summed E-state index contributed by atoms with van der Waals surface area (Å²) in [6.07, 6.45) is 5.26. The van der Waals surface area contributed by atoms with Crippen LogP contribution in [0.4, 0.5) is 16.2 Å². The van der Waals surface area contributed by atoms with E-state index in [9.17, 15) is 4.79 Å². The number of nitrogens with zero attached hydrogens (tertiary/aromatic N) is 3. The first-order valence-electron chi connectivity index (χ1n) is 6.54. The average Bonchev–Trinajstić information content (AvgIpc) is 2.91. The van der Waals surface area contributed by atoms with E-state index in [-0.39, 0.29) is 6.03 Å². The van der Waals surface area contributed by atoms with E-state index in [0.717, 1.165) is 5.69 Å². The van der Waals surface area contributed by atoms with E-state index in [0.29, 0.717) is 23.8 Å². The predicted molar refractivity (Wildman–Crippen MR) is 85.0 cm³/mol. The first-order chi connectivity index (χ1) is 10.1. The number of rotatable bonds is 5. The highest BCUT2D eigenvalue weighted by molar-refractivity contribution is 6.31. The van der Waals surface area contributed by atoms with Crippen LogP contribution in [0.25, 0.3) is 0 Å². The lowest BCUT2D eigenvalue weighted by Crippen LogP contribution is -2.31. The van der Waals surface area contributed by atoms with E-state index in [1.54, 1.807) is 24.7 Å². The number of urea groups is 1. The Morgan fingerprint density at radius 1 is 1.43 bits per heavy atom. The van der Waals surface area contributed by atoms with E-state index in [2.05, 4.69) is 15.6 Å². The van der Waals surface area contributed by atoms with Crippen molar-refractivity contribution in [3.05, 3.63) is 41.9 Å². The highest BCUT2D eigenvalue weighted by Gasteiger charge is 2.08. The number of amides is 2. The molecule has 1 aromatic heterocycles. The van der Waals surface area contributed by atoms with Crippen LogP contribution in [0.3, 0.4) is 0 Å². The lowest BCUT2D eigenvalue weighted by atomic mass is 10.2. The summed E-state index contributed by atoms with van der Waals surface area (Å²) in [5.74, 6) is 0. The van der Waals surface area contributed by atoms with Crippen molar-refractivity contribution in [1.82, 2.24) is 14.9 Å². The molecule has 0 saturated heterocycles. The molecule has 0 unspecified atom stereocenters. The van der Waals surface area contributed by atoms with Gasteiger partial charge in [-0.25, -0.2) is 9.78 Å². The van der Waals surface area contributed by atoms with Gasteiger partial charge in [-0.05, 0) is 18.2 Å². The molecule has 2 N–H and O–H groups in total. The fourth-order valence-corrected chi connectivity index (χ4v) is 2.05. The van der Waals surface area contributed by atoms with Crippen molar-refractivity contribution in [2.45, 2.75) is 6.54 Å². The van der Waals surface area contributed by atoms with Crippen LogP contribution in [-0.4, -0.2) is 36.2 Å². The summed E-state index contributed by atoms with van der Waals surface area (Å²) < 4.78 is 1.89. The molecule has 1 heterocycles. The molecule has 6 nitrogen and oxygen atoms in total. The molecule has 0 aliphatic heterocycles. The number of carbonyl (C=O) groups is 1. The van der Waals surface area contributed by atoms with Crippen molar-refractivity contribution in [3.8, 4) is 0 Å². The maximum absolute atomic E-state index is 11.9. The highest BCUT2D eigenvalue weighted by atomic mass is 35.5. The Bertz CT molecular complexity index is 597. The van der Waals surface area contributed by atoms with E-state index in [1.807, 2.05) is 35.8 Å². The SMILES string of the molecule is CN(C)c1ccc(Cl)cc1NC(=O)NCCn1ccnc1. The normalized spacial score (nSPS) is 10.2. The molecule has 112 valence electrons. The minimum absolute atomic E-state index is 0.263. The molecular weight excluding hydrogens is 290 g/mol. The van der Waals surface area contributed by atoms with E-state index < -0.39 is 0 Å². The number of aromatic nitrogens is 2. The van der Waals surface area contributed by atoms with Crippen molar-refractivity contribution >= 4 is 29.0 Å². The standard InChI is InChI=1S/C14H18ClN5O/c1-19(2)13-4-3-11(15)9-12(13)18-14(21)17-6-8-20-7-5-16-10-20/h3-5,7,9-10H,6,8H2,1-2H3,(H2,17,18,21). The van der Waals surface area contributed by atoms with Gasteiger partial charge in [0.1, 0.15) is 0 Å². The zero-order valence-corrected chi connectivity index (χ0v) is 12.8. The molecule has 0 aliphatic rings. The Labute approximate surface area is 128 Å². The molecule has 0 saturated carbocycles. The van der Waals surface area contributed by atoms with Crippen molar-refractivity contribution in [2.24, 2.45) is 0 Å². The van der Waals surface area contributed by atoms with Crippen molar-refractivity contribution < 1.29 is 4.79 Å². The highest BCUT2D eigenvalue weighted by Crippen LogP contribution is 2.27. The van der Waals surface area contributed by atoms with E-state index in [4.69, 9.17) is 11.6 Å². The second-order valence-electron chi connectivity index (χ2n) is 4.74. The number of benzene rings is 1. The quantitative estimate of drug-likeness (QED) is 0.892. The number of carbonyl (C=O) groups excluding carboxylic acids is 1. The predicted octanol–water partition coefficient (Wildman–Crippen LogP) is 2.42. The Morgan fingerprint density at radius 3 is 2.90 bits per heavy atom. The molecule has 0 atom stereocenters. The molecule has 0 aliphatic carbocycles. The van der Waals surface area contributed by atoms with Crippen LogP contribution in [0.2, 0.25) is 5.02 Å². The maximum Gasteiger partial charge on any atom is 0.319 e. The summed E-state index contributed by atoms with van der Waals surface area (Å²) in [6.45, 7) is 1.18. The van der Waals surface area contributed by atoms with Gasteiger partial charge in [0.2, 0.25) is 0 Å². The number of halogens is 1. The molecule has 2 rings (SSSR count). The van der Waals surface area contributed by atoms with Crippen LogP contribution < -0.4 is 15.5 Å². The monoisotopic (exact) mass is 307 g/mol. The smallest absolute Gasteiger partial charge is 0.319 e. The molecule has 1 aromatic carbocycles. The van der Waals surface area contributed by atoms with E-state index >= 15 is 0 Å². The molecule has 0 spiro atoms. The van der Waals surface area contributed by atoms with Crippen LogP contribution in [-0.2, 0) is 6.54 Å². The van der Waals surface area contributed by atoms with Crippen LogP contribution in [0.5, 0.6) is 0 Å². The number of hydrogen-bond donors (Lipinski definition) is 2. The van der Waals surface area contributed by atoms with Crippen LogP contribution in [0.15, 0.2) is 36.9 Å². The third-order valence-corrected chi connectivity index (χ3v) is 3.14. The largest absolute Gasteiger partial charge is 0.376 e. The minimum Gasteiger partial charge on any atom is -0.376 e. The number of nitrogens with one attached hydrogen (secondary N) is 2. The summed E-state index contributed by atoms with van der Waals surface area (Å²) in [5.41, 5.74) is 1.57. The first kappa shape index (κ1) is 15.2. The van der Waals surface area contributed by atoms with Crippen LogP contribution in [0, 0.1) is 0 Å². The van der Waals surface area contributed by atoms with Gasteiger partial charge in [0.15, 0.2) is 0 Å². The number of anilines is 2. The van der Waals surface area contributed by atoms with Crippen molar-refractivity contribution in [1.29, 1.82) is 0 Å². The summed E-state index contributed by atoms with van der Waals surface area (Å²) in [6, 6.07) is 5.12. The third-order valence-electron chi connectivity index (χ3n) is 2.90. The molecule has 2 amide bonds. The van der Waals surface area contributed by atoms with Crippen molar-refractivity contribution in [3.63, 3.8) is 0 Å². The van der Waals surface area contributed by atoms with Gasteiger partial charge in [0, 0.05) is 44.6 Å². The van der Waals surface area contributed by atoms with Gasteiger partial charge in [0.05, 0.1) is 17.7 Å². The second kappa shape index (κ2) is 6.99. The molecule has 7 heteroatoms. The van der Waals surface area contributed by atoms with Gasteiger partial charge < -0.3 is 20.1 Å². The van der Waals surface area contributed by atoms with Gasteiger partial charge in [-0.2, -0.15) is 0 Å².